The van der Waals surface area contributed by atoms with Crippen molar-refractivity contribution in [3.05, 3.63) is 48.0 Å². The number of hydrogen-bond donors (Lipinski definition) is 0. The quantitative estimate of drug-likeness (QED) is 0.737. The third kappa shape index (κ3) is 2.16. The van der Waals surface area contributed by atoms with Crippen LogP contribution in [0.4, 0.5) is 4.39 Å². The molecule has 0 aliphatic carbocycles. The maximum absolute atomic E-state index is 13.7. The van der Waals surface area contributed by atoms with Gasteiger partial charge in [0.1, 0.15) is 17.8 Å². The number of benzene rings is 1. The Morgan fingerprint density at radius 3 is 2.94 bits per heavy atom. The van der Waals surface area contributed by atoms with Crippen molar-refractivity contribution in [3.8, 4) is 5.69 Å². The molecule has 0 unspecified atom stereocenters. The molecule has 0 saturated heterocycles. The van der Waals surface area contributed by atoms with Gasteiger partial charge in [0.2, 0.25) is 0 Å². The Labute approximate surface area is 92.5 Å². The van der Waals surface area contributed by atoms with Gasteiger partial charge in [-0.3, -0.25) is 0 Å². The van der Waals surface area contributed by atoms with E-state index in [9.17, 15) is 9.18 Å². The number of rotatable bonds is 4. The average molecular weight is 218 g/mol. The lowest BCUT2D eigenvalue weighted by molar-refractivity contribution is -0.107. The molecule has 1 heterocycles. The molecule has 0 bridgehead atoms. The minimum absolute atomic E-state index is 0.327. The Kier molecular flexibility index (Phi) is 3.10. The monoisotopic (exact) mass is 218 g/mol. The van der Waals surface area contributed by atoms with Crippen LogP contribution in [0.1, 0.15) is 12.0 Å². The number of aryl methyl sites for hydroxylation is 1. The van der Waals surface area contributed by atoms with Crippen molar-refractivity contribution in [2.75, 3.05) is 0 Å². The summed E-state index contributed by atoms with van der Waals surface area (Å²) in [6.07, 6.45) is 5.10. The third-order valence-corrected chi connectivity index (χ3v) is 2.31. The summed E-state index contributed by atoms with van der Waals surface area (Å²) in [5, 5.41) is 3.96. The van der Waals surface area contributed by atoms with Crippen molar-refractivity contribution in [2.24, 2.45) is 0 Å². The molecule has 0 saturated carbocycles. The van der Waals surface area contributed by atoms with E-state index in [-0.39, 0.29) is 5.82 Å². The first-order valence-corrected chi connectivity index (χ1v) is 5.03. The lowest BCUT2D eigenvalue weighted by Gasteiger charge is -2.05. The first-order valence-electron chi connectivity index (χ1n) is 5.03. The van der Waals surface area contributed by atoms with E-state index in [2.05, 4.69) is 5.10 Å². The first-order chi connectivity index (χ1) is 7.81. The summed E-state index contributed by atoms with van der Waals surface area (Å²) in [7, 11) is 0. The van der Waals surface area contributed by atoms with Gasteiger partial charge in [-0.2, -0.15) is 5.10 Å². The van der Waals surface area contributed by atoms with Gasteiger partial charge in [-0.05, 0) is 30.2 Å². The maximum Gasteiger partial charge on any atom is 0.149 e. The number of aldehydes is 1. The molecule has 3 nitrogen and oxygen atoms in total. The molecule has 0 N–H and O–H groups in total. The molecule has 0 spiro atoms. The van der Waals surface area contributed by atoms with E-state index in [1.165, 1.54) is 10.7 Å². The highest BCUT2D eigenvalue weighted by Crippen LogP contribution is 2.15. The molecule has 2 rings (SSSR count). The summed E-state index contributed by atoms with van der Waals surface area (Å²) in [6, 6.07) is 6.66. The van der Waals surface area contributed by atoms with Crippen molar-refractivity contribution in [1.82, 2.24) is 9.78 Å². The average Bonchev–Trinajstić information content (AvgIpc) is 2.80. The topological polar surface area (TPSA) is 34.9 Å². The predicted molar refractivity (Wildman–Crippen MR) is 57.9 cm³/mol. The van der Waals surface area contributed by atoms with Crippen LogP contribution >= 0.6 is 0 Å². The fraction of sp³-hybridized carbons (Fsp3) is 0.167. The van der Waals surface area contributed by atoms with E-state index in [1.54, 1.807) is 24.5 Å². The standard InChI is InChI=1S/C12H11FN2O/c13-11-9-10(3-1-8-16)4-5-12(11)15-7-2-6-14-15/h2,4-9H,1,3H2. The van der Waals surface area contributed by atoms with Gasteiger partial charge in [-0.1, -0.05) is 6.07 Å². The minimum atomic E-state index is -0.327. The van der Waals surface area contributed by atoms with Crippen LogP contribution in [0, 0.1) is 5.82 Å². The Morgan fingerprint density at radius 1 is 1.44 bits per heavy atom. The van der Waals surface area contributed by atoms with Crippen LogP contribution in [-0.2, 0) is 11.2 Å². The second kappa shape index (κ2) is 4.70. The van der Waals surface area contributed by atoms with Gasteiger partial charge in [0.25, 0.3) is 0 Å². The van der Waals surface area contributed by atoms with E-state index in [0.717, 1.165) is 11.8 Å². The smallest absolute Gasteiger partial charge is 0.149 e. The second-order valence-corrected chi connectivity index (χ2v) is 3.44. The van der Waals surface area contributed by atoms with Crippen LogP contribution in [-0.4, -0.2) is 16.1 Å². The van der Waals surface area contributed by atoms with Gasteiger partial charge in [-0.25, -0.2) is 9.07 Å². The van der Waals surface area contributed by atoms with Gasteiger partial charge in [0, 0.05) is 18.8 Å². The molecular formula is C12H11FN2O. The fourth-order valence-corrected chi connectivity index (χ4v) is 1.53. The zero-order valence-corrected chi connectivity index (χ0v) is 8.64. The molecule has 0 atom stereocenters. The van der Waals surface area contributed by atoms with Crippen molar-refractivity contribution >= 4 is 6.29 Å². The van der Waals surface area contributed by atoms with Gasteiger partial charge in [-0.15, -0.1) is 0 Å². The Balaban J connectivity index is 2.26. The van der Waals surface area contributed by atoms with E-state index < -0.39 is 0 Å². The molecule has 0 radical (unpaired) electrons. The first kappa shape index (κ1) is 10.5. The molecule has 0 aliphatic rings. The van der Waals surface area contributed by atoms with E-state index in [0.29, 0.717) is 18.5 Å². The Bertz CT molecular complexity index is 480. The van der Waals surface area contributed by atoms with Crippen molar-refractivity contribution in [3.63, 3.8) is 0 Å². The molecular weight excluding hydrogens is 207 g/mol. The number of hydrogen-bond acceptors (Lipinski definition) is 2. The molecule has 2 aromatic rings. The summed E-state index contributed by atoms with van der Waals surface area (Å²) >= 11 is 0. The third-order valence-electron chi connectivity index (χ3n) is 2.31. The highest BCUT2D eigenvalue weighted by atomic mass is 19.1. The van der Waals surface area contributed by atoms with Crippen LogP contribution in [0.2, 0.25) is 0 Å². The van der Waals surface area contributed by atoms with E-state index in [4.69, 9.17) is 0 Å². The van der Waals surface area contributed by atoms with Crippen molar-refractivity contribution in [1.29, 1.82) is 0 Å². The van der Waals surface area contributed by atoms with E-state index in [1.807, 2.05) is 6.07 Å². The maximum atomic E-state index is 13.7. The fourth-order valence-electron chi connectivity index (χ4n) is 1.53. The van der Waals surface area contributed by atoms with Crippen LogP contribution in [0.15, 0.2) is 36.7 Å². The minimum Gasteiger partial charge on any atom is -0.303 e. The molecule has 16 heavy (non-hydrogen) atoms. The molecule has 1 aromatic carbocycles. The van der Waals surface area contributed by atoms with Gasteiger partial charge < -0.3 is 4.79 Å². The SMILES string of the molecule is O=CCCc1ccc(-n2cccn2)c(F)c1. The summed E-state index contributed by atoms with van der Waals surface area (Å²) in [6.45, 7) is 0. The Morgan fingerprint density at radius 2 is 2.31 bits per heavy atom. The molecule has 82 valence electrons. The zero-order chi connectivity index (χ0) is 11.4. The molecule has 4 heteroatoms. The highest BCUT2D eigenvalue weighted by molar-refractivity contribution is 5.50. The normalized spacial score (nSPS) is 10.3. The zero-order valence-electron chi connectivity index (χ0n) is 8.64. The van der Waals surface area contributed by atoms with Crippen LogP contribution in [0.25, 0.3) is 5.69 Å². The number of carbonyl (C=O) groups excluding carboxylic acids is 1. The van der Waals surface area contributed by atoms with Crippen molar-refractivity contribution in [2.45, 2.75) is 12.8 Å². The lowest BCUT2D eigenvalue weighted by Crippen LogP contribution is -1.99. The number of aromatic nitrogens is 2. The highest BCUT2D eigenvalue weighted by Gasteiger charge is 2.05. The number of nitrogens with zero attached hydrogens (tertiary/aromatic N) is 2. The summed E-state index contributed by atoms with van der Waals surface area (Å²) in [5.41, 5.74) is 1.24. The van der Waals surface area contributed by atoms with Gasteiger partial charge in [0.15, 0.2) is 0 Å². The van der Waals surface area contributed by atoms with Gasteiger partial charge in [0.05, 0.1) is 0 Å². The van der Waals surface area contributed by atoms with Gasteiger partial charge >= 0.3 is 0 Å². The van der Waals surface area contributed by atoms with Crippen LogP contribution in [0.5, 0.6) is 0 Å². The summed E-state index contributed by atoms with van der Waals surface area (Å²) in [4.78, 5) is 10.2. The lowest BCUT2D eigenvalue weighted by atomic mass is 10.1. The molecule has 0 aliphatic heterocycles. The van der Waals surface area contributed by atoms with Crippen LogP contribution < -0.4 is 0 Å². The molecule has 0 amide bonds. The summed E-state index contributed by atoms with van der Waals surface area (Å²) < 4.78 is 15.2. The molecule has 0 fully saturated rings. The largest absolute Gasteiger partial charge is 0.303 e. The Hall–Kier alpha value is -1.97. The van der Waals surface area contributed by atoms with Crippen LogP contribution in [0.3, 0.4) is 0 Å². The number of halogens is 1. The van der Waals surface area contributed by atoms with E-state index >= 15 is 0 Å². The number of carbonyl (C=O) groups is 1. The molecule has 1 aromatic heterocycles. The summed E-state index contributed by atoms with van der Waals surface area (Å²) in [5.74, 6) is -0.327. The second-order valence-electron chi connectivity index (χ2n) is 3.44. The predicted octanol–water partition coefficient (Wildman–Crippen LogP) is 2.14. The van der Waals surface area contributed by atoms with Crippen molar-refractivity contribution < 1.29 is 9.18 Å².